The first-order chi connectivity index (χ1) is 14.3. The molecule has 0 atom stereocenters. The molecule has 3 rings (SSSR count). The van der Waals surface area contributed by atoms with Gasteiger partial charge in [0.1, 0.15) is 0 Å². The van der Waals surface area contributed by atoms with E-state index < -0.39 is 28.3 Å². The van der Waals surface area contributed by atoms with Crippen molar-refractivity contribution < 1.29 is 24.2 Å². The fourth-order valence-electron chi connectivity index (χ4n) is 3.27. The first kappa shape index (κ1) is 20.7. The van der Waals surface area contributed by atoms with Crippen LogP contribution in [-0.4, -0.2) is 41.9 Å². The van der Waals surface area contributed by atoms with E-state index in [2.05, 4.69) is 5.32 Å². The van der Waals surface area contributed by atoms with Crippen LogP contribution in [0.1, 0.15) is 22.3 Å². The van der Waals surface area contributed by atoms with Crippen LogP contribution in [0.5, 0.6) is 0 Å². The van der Waals surface area contributed by atoms with E-state index in [1.165, 1.54) is 35.2 Å². The van der Waals surface area contributed by atoms with E-state index in [4.69, 9.17) is 4.74 Å². The van der Waals surface area contributed by atoms with Gasteiger partial charge in [-0.3, -0.25) is 25.0 Å². The molecule has 0 unspecified atom stereocenters. The smallest absolute Gasteiger partial charge is 0.341 e. The number of rotatable bonds is 6. The number of aryl methyl sites for hydroxylation is 1. The van der Waals surface area contributed by atoms with Crippen molar-refractivity contribution in [3.63, 3.8) is 0 Å². The standard InChI is InChI=1S/C19H18N4O7/c1-20-16-6-4-14(23(28)29)10-15(16)19(25)30-11-18(24)21-8-2-3-12-9-13(22(26)27)5-7-17(12)21/h4-7,9-10,20H,2-3,8,11H2,1H3. The van der Waals surface area contributed by atoms with E-state index in [0.717, 1.165) is 6.07 Å². The Balaban J connectivity index is 1.74. The Morgan fingerprint density at radius 2 is 1.77 bits per heavy atom. The molecule has 2 aromatic rings. The van der Waals surface area contributed by atoms with Gasteiger partial charge >= 0.3 is 5.97 Å². The zero-order valence-electron chi connectivity index (χ0n) is 16.0. The predicted octanol–water partition coefficient (Wildman–Crippen LogP) is 2.68. The molecule has 0 spiro atoms. The fraction of sp³-hybridized carbons (Fsp3) is 0.263. The average Bonchev–Trinajstić information content (AvgIpc) is 2.75. The SMILES string of the molecule is CNc1ccc([N+](=O)[O-])cc1C(=O)OCC(=O)N1CCCc2cc([N+](=O)[O-])ccc21. The van der Waals surface area contributed by atoms with Crippen molar-refractivity contribution in [1.29, 1.82) is 0 Å². The average molecular weight is 414 g/mol. The Bertz CT molecular complexity index is 1040. The van der Waals surface area contributed by atoms with Gasteiger partial charge in [0.2, 0.25) is 0 Å². The molecule has 0 bridgehead atoms. The molecule has 0 saturated heterocycles. The van der Waals surface area contributed by atoms with Crippen molar-refractivity contribution in [1.82, 2.24) is 0 Å². The van der Waals surface area contributed by atoms with Gasteiger partial charge in [-0.1, -0.05) is 0 Å². The summed E-state index contributed by atoms with van der Waals surface area (Å²) in [4.78, 5) is 47.3. The maximum atomic E-state index is 12.6. The summed E-state index contributed by atoms with van der Waals surface area (Å²) in [6, 6.07) is 7.96. The molecule has 0 radical (unpaired) electrons. The Labute approximate surface area is 170 Å². The van der Waals surface area contributed by atoms with Crippen molar-refractivity contribution >= 4 is 34.6 Å². The summed E-state index contributed by atoms with van der Waals surface area (Å²) in [5.74, 6) is -1.37. The van der Waals surface area contributed by atoms with Gasteiger partial charge < -0.3 is 15.0 Å². The third-order valence-corrected chi connectivity index (χ3v) is 4.72. The molecule has 11 heteroatoms. The summed E-state index contributed by atoms with van der Waals surface area (Å²) in [6.07, 6.45) is 1.21. The second-order valence-electron chi connectivity index (χ2n) is 6.53. The number of anilines is 2. The highest BCUT2D eigenvalue weighted by Crippen LogP contribution is 2.30. The van der Waals surface area contributed by atoms with Gasteiger partial charge in [-0.15, -0.1) is 0 Å². The first-order valence-electron chi connectivity index (χ1n) is 9.03. The topological polar surface area (TPSA) is 145 Å². The number of carbonyl (C=O) groups excluding carboxylic acids is 2. The normalized spacial score (nSPS) is 12.6. The predicted molar refractivity (Wildman–Crippen MR) is 107 cm³/mol. The Morgan fingerprint density at radius 1 is 1.10 bits per heavy atom. The highest BCUT2D eigenvalue weighted by Gasteiger charge is 2.26. The summed E-state index contributed by atoms with van der Waals surface area (Å²) < 4.78 is 5.10. The van der Waals surface area contributed by atoms with Crippen LogP contribution in [0, 0.1) is 20.2 Å². The minimum Gasteiger partial charge on any atom is -0.452 e. The number of benzene rings is 2. The Kier molecular flexibility index (Phi) is 5.90. The van der Waals surface area contributed by atoms with E-state index in [0.29, 0.717) is 36.3 Å². The van der Waals surface area contributed by atoms with Crippen LogP contribution in [0.4, 0.5) is 22.7 Å². The molecule has 0 fully saturated rings. The van der Waals surface area contributed by atoms with Gasteiger partial charge in [0, 0.05) is 49.2 Å². The van der Waals surface area contributed by atoms with Crippen LogP contribution in [0.25, 0.3) is 0 Å². The lowest BCUT2D eigenvalue weighted by atomic mass is 10.0. The Morgan fingerprint density at radius 3 is 2.43 bits per heavy atom. The molecule has 1 N–H and O–H groups in total. The van der Waals surface area contributed by atoms with Crippen LogP contribution in [0.15, 0.2) is 36.4 Å². The van der Waals surface area contributed by atoms with E-state index in [1.807, 2.05) is 0 Å². The summed E-state index contributed by atoms with van der Waals surface area (Å²) in [5.41, 5.74) is 1.15. The van der Waals surface area contributed by atoms with Gasteiger partial charge in [-0.2, -0.15) is 0 Å². The maximum Gasteiger partial charge on any atom is 0.341 e. The van der Waals surface area contributed by atoms with Crippen molar-refractivity contribution in [2.24, 2.45) is 0 Å². The van der Waals surface area contributed by atoms with Crippen molar-refractivity contribution in [3.8, 4) is 0 Å². The largest absolute Gasteiger partial charge is 0.452 e. The third-order valence-electron chi connectivity index (χ3n) is 4.72. The van der Waals surface area contributed by atoms with Gasteiger partial charge in [-0.25, -0.2) is 4.79 Å². The van der Waals surface area contributed by atoms with Gasteiger partial charge in [0.25, 0.3) is 17.3 Å². The monoisotopic (exact) mass is 414 g/mol. The number of ether oxygens (including phenoxy) is 1. The van der Waals surface area contributed by atoms with Gasteiger partial charge in [0.05, 0.1) is 15.4 Å². The number of hydrogen-bond acceptors (Lipinski definition) is 8. The second kappa shape index (κ2) is 8.55. The maximum absolute atomic E-state index is 12.6. The molecule has 30 heavy (non-hydrogen) atoms. The zero-order valence-corrected chi connectivity index (χ0v) is 16.0. The van der Waals surface area contributed by atoms with E-state index in [9.17, 15) is 29.8 Å². The summed E-state index contributed by atoms with van der Waals surface area (Å²) >= 11 is 0. The number of non-ortho nitro benzene ring substituents is 2. The number of nitrogens with zero attached hydrogens (tertiary/aromatic N) is 3. The van der Waals surface area contributed by atoms with Crippen LogP contribution >= 0.6 is 0 Å². The number of nitrogens with one attached hydrogen (secondary N) is 1. The number of amides is 1. The highest BCUT2D eigenvalue weighted by molar-refractivity contribution is 6.00. The van der Waals surface area contributed by atoms with Crippen LogP contribution in [0.3, 0.4) is 0 Å². The molecule has 0 aliphatic carbocycles. The van der Waals surface area contributed by atoms with Gasteiger partial charge in [-0.05, 0) is 30.5 Å². The molecule has 0 aromatic heterocycles. The third kappa shape index (κ3) is 4.19. The van der Waals surface area contributed by atoms with Crippen molar-refractivity contribution in [2.45, 2.75) is 12.8 Å². The number of esters is 1. The zero-order chi connectivity index (χ0) is 21.8. The molecular formula is C19H18N4O7. The lowest BCUT2D eigenvalue weighted by Gasteiger charge is -2.29. The fourth-order valence-corrected chi connectivity index (χ4v) is 3.27. The van der Waals surface area contributed by atoms with Crippen LogP contribution in [0.2, 0.25) is 0 Å². The molecule has 156 valence electrons. The summed E-state index contributed by atoms with van der Waals surface area (Å²) in [5, 5.41) is 24.7. The molecule has 1 amide bonds. The second-order valence-corrected chi connectivity index (χ2v) is 6.53. The van der Waals surface area contributed by atoms with Crippen LogP contribution < -0.4 is 10.2 Å². The lowest BCUT2D eigenvalue weighted by Crippen LogP contribution is -2.38. The molecule has 11 nitrogen and oxygen atoms in total. The van der Waals surface area contributed by atoms with Crippen LogP contribution in [-0.2, 0) is 16.0 Å². The van der Waals surface area contributed by atoms with Gasteiger partial charge in [0.15, 0.2) is 6.61 Å². The van der Waals surface area contributed by atoms with Crippen molar-refractivity contribution in [3.05, 3.63) is 67.8 Å². The number of hydrogen-bond donors (Lipinski definition) is 1. The summed E-state index contributed by atoms with van der Waals surface area (Å²) in [7, 11) is 1.55. The van der Waals surface area contributed by atoms with E-state index in [1.54, 1.807) is 7.05 Å². The summed E-state index contributed by atoms with van der Waals surface area (Å²) in [6.45, 7) is -0.180. The molecule has 0 saturated carbocycles. The minimum atomic E-state index is -0.877. The number of nitro benzene ring substituents is 2. The Hall–Kier alpha value is -4.02. The highest BCUT2D eigenvalue weighted by atomic mass is 16.6. The minimum absolute atomic E-state index is 0.0558. The quantitative estimate of drug-likeness (QED) is 0.431. The number of carbonyl (C=O) groups is 2. The molecule has 1 aliphatic rings. The van der Waals surface area contributed by atoms with Crippen molar-refractivity contribution in [2.75, 3.05) is 30.4 Å². The lowest BCUT2D eigenvalue weighted by molar-refractivity contribution is -0.385. The molecular weight excluding hydrogens is 396 g/mol. The molecule has 2 aromatic carbocycles. The van der Waals surface area contributed by atoms with E-state index >= 15 is 0 Å². The van der Waals surface area contributed by atoms with E-state index in [-0.39, 0.29) is 16.9 Å². The first-order valence-corrected chi connectivity index (χ1v) is 9.03. The molecule has 1 heterocycles. The molecule has 1 aliphatic heterocycles. The number of nitro groups is 2. The number of fused-ring (bicyclic) bond motifs is 1.